The molecule has 17 heavy (non-hydrogen) atoms. The lowest BCUT2D eigenvalue weighted by Crippen LogP contribution is -2.35. The Morgan fingerprint density at radius 2 is 2.24 bits per heavy atom. The zero-order chi connectivity index (χ0) is 13.1. The molecule has 1 heterocycles. The van der Waals surface area contributed by atoms with Crippen LogP contribution in [0.25, 0.3) is 0 Å². The van der Waals surface area contributed by atoms with Gasteiger partial charge in [-0.2, -0.15) is 5.10 Å². The molecule has 0 fully saturated rings. The molecule has 8 nitrogen and oxygen atoms in total. The van der Waals surface area contributed by atoms with Crippen LogP contribution in [0.15, 0.2) is 11.1 Å². The summed E-state index contributed by atoms with van der Waals surface area (Å²) < 4.78 is 27.1. The van der Waals surface area contributed by atoms with E-state index >= 15 is 0 Å². The minimum atomic E-state index is -3.80. The lowest BCUT2D eigenvalue weighted by Gasteiger charge is -2.03. The van der Waals surface area contributed by atoms with E-state index in [4.69, 9.17) is 5.73 Å². The Labute approximate surface area is 99.2 Å². The van der Waals surface area contributed by atoms with Crippen LogP contribution >= 0.6 is 0 Å². The van der Waals surface area contributed by atoms with Crippen molar-refractivity contribution in [1.82, 2.24) is 19.8 Å². The molecule has 0 radical (unpaired) electrons. The van der Waals surface area contributed by atoms with Crippen LogP contribution in [0.3, 0.4) is 0 Å². The molecule has 0 bridgehead atoms. The number of anilines is 1. The normalized spacial score (nSPS) is 11.4. The molecule has 4 N–H and O–H groups in total. The number of aromatic nitrogens is 2. The zero-order valence-electron chi connectivity index (χ0n) is 9.60. The van der Waals surface area contributed by atoms with Crippen LogP contribution in [-0.2, 0) is 21.4 Å². The van der Waals surface area contributed by atoms with Gasteiger partial charge < -0.3 is 11.1 Å². The number of hydrogen-bond donors (Lipinski definition) is 3. The summed E-state index contributed by atoms with van der Waals surface area (Å²) in [6, 6.07) is 0. The van der Waals surface area contributed by atoms with E-state index in [0.717, 1.165) is 0 Å². The highest BCUT2D eigenvalue weighted by Gasteiger charge is 2.21. The van der Waals surface area contributed by atoms with E-state index in [1.54, 1.807) is 6.92 Å². The van der Waals surface area contributed by atoms with Gasteiger partial charge in [0.1, 0.15) is 4.90 Å². The van der Waals surface area contributed by atoms with Gasteiger partial charge in [0.2, 0.25) is 15.9 Å². The van der Waals surface area contributed by atoms with Gasteiger partial charge in [-0.15, -0.1) is 0 Å². The van der Waals surface area contributed by atoms with Gasteiger partial charge in [0, 0.05) is 19.8 Å². The van der Waals surface area contributed by atoms with Gasteiger partial charge in [0.25, 0.3) is 0 Å². The summed E-state index contributed by atoms with van der Waals surface area (Å²) in [5.74, 6) is -0.522. The summed E-state index contributed by atoms with van der Waals surface area (Å²) in [4.78, 5) is 10.8. The fourth-order valence-electron chi connectivity index (χ4n) is 1.11. The molecule has 0 aliphatic heterocycles. The van der Waals surface area contributed by atoms with E-state index in [-0.39, 0.29) is 17.3 Å². The number of carbonyl (C=O) groups excluding carboxylic acids is 1. The Morgan fingerprint density at radius 3 is 2.71 bits per heavy atom. The number of nitrogens with two attached hydrogens (primary N) is 1. The predicted octanol–water partition coefficient (Wildman–Crippen LogP) is -1.49. The largest absolute Gasteiger partial charge is 0.381 e. The van der Waals surface area contributed by atoms with E-state index in [9.17, 15) is 13.2 Å². The van der Waals surface area contributed by atoms with Crippen LogP contribution in [0.1, 0.15) is 6.92 Å². The molecule has 0 spiro atoms. The van der Waals surface area contributed by atoms with Crippen molar-refractivity contribution in [2.75, 3.05) is 19.3 Å². The Kier molecular flexibility index (Phi) is 4.07. The van der Waals surface area contributed by atoms with Crippen LogP contribution in [-0.4, -0.2) is 37.7 Å². The molecular weight excluding hydrogens is 246 g/mol. The van der Waals surface area contributed by atoms with Gasteiger partial charge in [-0.1, -0.05) is 0 Å². The van der Waals surface area contributed by atoms with Crippen LogP contribution in [0.4, 0.5) is 5.82 Å². The zero-order valence-corrected chi connectivity index (χ0v) is 10.4. The number of likely N-dealkylation sites (N-methyl/N-ethyl adjacent to an activating group) is 1. The molecule has 1 aromatic heterocycles. The molecule has 0 atom stereocenters. The highest BCUT2D eigenvalue weighted by Crippen LogP contribution is 2.15. The first kappa shape index (κ1) is 13.5. The second-order valence-corrected chi connectivity index (χ2v) is 4.97. The van der Waals surface area contributed by atoms with E-state index < -0.39 is 15.9 Å². The van der Waals surface area contributed by atoms with Crippen molar-refractivity contribution in [3.8, 4) is 0 Å². The fourth-order valence-corrected chi connectivity index (χ4v) is 2.17. The van der Waals surface area contributed by atoms with Gasteiger partial charge in [-0.3, -0.25) is 9.48 Å². The minimum Gasteiger partial charge on any atom is -0.381 e. The number of rotatable bonds is 5. The first-order valence-corrected chi connectivity index (χ1v) is 6.42. The number of nitrogens with zero attached hydrogens (tertiary/aromatic N) is 2. The highest BCUT2D eigenvalue weighted by atomic mass is 32.2. The van der Waals surface area contributed by atoms with E-state index in [0.29, 0.717) is 6.54 Å². The summed E-state index contributed by atoms with van der Waals surface area (Å²) in [6.07, 6.45) is 1.32. The Hall–Kier alpha value is -1.61. The standard InChI is InChI=1S/C8H15N5O3S/c1-3-13-5-6(8(9)12-13)17(15,16)11-4-7(14)10-2/h5,11H,3-4H2,1-2H3,(H2,9,12)(H,10,14). The molecule has 0 saturated carbocycles. The van der Waals surface area contributed by atoms with Crippen molar-refractivity contribution in [2.45, 2.75) is 18.4 Å². The fraction of sp³-hybridized carbons (Fsp3) is 0.500. The van der Waals surface area contributed by atoms with Crippen LogP contribution in [0.5, 0.6) is 0 Å². The van der Waals surface area contributed by atoms with E-state index in [2.05, 4.69) is 15.1 Å². The number of aryl methyl sites for hydroxylation is 1. The quantitative estimate of drug-likeness (QED) is 0.596. The Bertz CT molecular complexity index is 507. The minimum absolute atomic E-state index is 0.0868. The maximum atomic E-state index is 11.8. The maximum absolute atomic E-state index is 11.8. The van der Waals surface area contributed by atoms with Crippen molar-refractivity contribution >= 4 is 21.7 Å². The number of amides is 1. The van der Waals surface area contributed by atoms with Gasteiger partial charge in [0.15, 0.2) is 5.82 Å². The average Bonchev–Trinajstić information content (AvgIpc) is 2.68. The van der Waals surface area contributed by atoms with Crippen molar-refractivity contribution in [2.24, 2.45) is 0 Å². The van der Waals surface area contributed by atoms with Gasteiger partial charge in [0.05, 0.1) is 6.54 Å². The summed E-state index contributed by atoms with van der Waals surface area (Å²) in [5.41, 5.74) is 5.49. The van der Waals surface area contributed by atoms with Crippen LogP contribution < -0.4 is 15.8 Å². The van der Waals surface area contributed by atoms with Gasteiger partial charge in [-0.25, -0.2) is 13.1 Å². The summed E-state index contributed by atoms with van der Waals surface area (Å²) in [5, 5.41) is 6.12. The number of nitrogen functional groups attached to an aromatic ring is 1. The lowest BCUT2D eigenvalue weighted by molar-refractivity contribution is -0.119. The van der Waals surface area contributed by atoms with Crippen LogP contribution in [0, 0.1) is 0 Å². The van der Waals surface area contributed by atoms with E-state index in [1.165, 1.54) is 17.9 Å². The SMILES string of the molecule is CCn1cc(S(=O)(=O)NCC(=O)NC)c(N)n1. The third-order valence-corrected chi connectivity index (χ3v) is 3.49. The molecule has 1 rings (SSSR count). The van der Waals surface area contributed by atoms with Crippen molar-refractivity contribution in [3.63, 3.8) is 0 Å². The van der Waals surface area contributed by atoms with Crippen molar-refractivity contribution < 1.29 is 13.2 Å². The molecule has 1 aromatic rings. The topological polar surface area (TPSA) is 119 Å². The third-order valence-electron chi connectivity index (χ3n) is 2.07. The number of sulfonamides is 1. The predicted molar refractivity (Wildman–Crippen MR) is 61.6 cm³/mol. The monoisotopic (exact) mass is 261 g/mol. The molecule has 0 aromatic carbocycles. The first-order chi connectivity index (χ1) is 7.90. The molecular formula is C8H15N5O3S. The highest BCUT2D eigenvalue weighted by molar-refractivity contribution is 7.89. The maximum Gasteiger partial charge on any atom is 0.246 e. The molecule has 1 amide bonds. The molecule has 0 aliphatic rings. The van der Waals surface area contributed by atoms with E-state index in [1.807, 2.05) is 0 Å². The van der Waals surface area contributed by atoms with Crippen molar-refractivity contribution in [1.29, 1.82) is 0 Å². The number of nitrogens with one attached hydrogen (secondary N) is 2. The molecule has 0 saturated heterocycles. The number of hydrogen-bond acceptors (Lipinski definition) is 5. The molecule has 96 valence electrons. The summed E-state index contributed by atoms with van der Waals surface area (Å²) >= 11 is 0. The second-order valence-electron chi connectivity index (χ2n) is 3.23. The van der Waals surface area contributed by atoms with Crippen molar-refractivity contribution in [3.05, 3.63) is 6.20 Å². The smallest absolute Gasteiger partial charge is 0.246 e. The first-order valence-electron chi connectivity index (χ1n) is 4.94. The molecule has 9 heteroatoms. The summed E-state index contributed by atoms with van der Waals surface area (Å²) in [6.45, 7) is 1.98. The third kappa shape index (κ3) is 3.17. The Morgan fingerprint density at radius 1 is 1.59 bits per heavy atom. The lowest BCUT2D eigenvalue weighted by atomic mass is 10.6. The summed E-state index contributed by atoms with van der Waals surface area (Å²) in [7, 11) is -2.39. The van der Waals surface area contributed by atoms with Gasteiger partial charge in [-0.05, 0) is 6.92 Å². The van der Waals surface area contributed by atoms with Crippen LogP contribution in [0.2, 0.25) is 0 Å². The number of carbonyl (C=O) groups is 1. The average molecular weight is 261 g/mol. The Balaban J connectivity index is 2.89. The van der Waals surface area contributed by atoms with Gasteiger partial charge >= 0.3 is 0 Å². The second kappa shape index (κ2) is 5.15. The molecule has 0 aliphatic carbocycles. The molecule has 0 unspecified atom stereocenters.